The monoisotopic (exact) mass is 360 g/mol. The van der Waals surface area contributed by atoms with Crippen LogP contribution in [0.4, 0.5) is 0 Å². The second kappa shape index (κ2) is 11.4. The number of nitrogens with zero attached hydrogens (tertiary/aromatic N) is 1. The van der Waals surface area contributed by atoms with Gasteiger partial charge in [-0.3, -0.25) is 9.79 Å². The molecule has 1 aromatic carbocycles. The maximum Gasteiger partial charge on any atom is 0.222 e. The molecule has 0 radical (unpaired) electrons. The predicted octanol–water partition coefficient (Wildman–Crippen LogP) is 2.24. The van der Waals surface area contributed by atoms with E-state index in [4.69, 9.17) is 4.74 Å². The second-order valence-corrected chi connectivity index (χ2v) is 6.55. The lowest BCUT2D eigenvalue weighted by Gasteiger charge is -2.13. The number of hydrogen-bond acceptors (Lipinski definition) is 3. The lowest BCUT2D eigenvalue weighted by atomic mass is 10.1. The molecule has 1 amide bonds. The fourth-order valence-corrected chi connectivity index (χ4v) is 3.21. The number of amides is 1. The molecular weight excluding hydrogens is 328 g/mol. The highest BCUT2D eigenvalue weighted by Gasteiger charge is 2.16. The van der Waals surface area contributed by atoms with Crippen LogP contribution in [0.3, 0.4) is 0 Å². The van der Waals surface area contributed by atoms with Crippen LogP contribution >= 0.6 is 0 Å². The molecule has 0 aromatic heterocycles. The van der Waals surface area contributed by atoms with Crippen molar-refractivity contribution >= 4 is 11.9 Å². The van der Waals surface area contributed by atoms with Crippen molar-refractivity contribution in [2.45, 2.75) is 51.5 Å². The van der Waals surface area contributed by atoms with E-state index in [2.05, 4.69) is 27.0 Å². The standard InChI is InChI=1S/C20H32N4O2/c1-3-21-20(22-14-12-16-8-4-7-11-18(16)26-2)23-15-13-19(25)24-17-9-5-6-10-17/h4,7-8,11,17H,3,5-6,9-10,12-15H2,1-2H3,(H,24,25)(H2,21,22,23). The minimum atomic E-state index is 0.102. The Balaban J connectivity index is 1.74. The number of hydrogen-bond donors (Lipinski definition) is 3. The first kappa shape index (κ1) is 20.1. The molecule has 144 valence electrons. The zero-order valence-corrected chi connectivity index (χ0v) is 16.0. The highest BCUT2D eigenvalue weighted by atomic mass is 16.5. The molecule has 0 spiro atoms. The summed E-state index contributed by atoms with van der Waals surface area (Å²) in [5.74, 6) is 1.75. The van der Waals surface area contributed by atoms with Crippen LogP contribution in [0.15, 0.2) is 29.3 Å². The van der Waals surface area contributed by atoms with E-state index in [-0.39, 0.29) is 5.91 Å². The van der Waals surface area contributed by atoms with Gasteiger partial charge in [-0.25, -0.2) is 0 Å². The number of aliphatic imine (C=N–C) groups is 1. The molecular formula is C20H32N4O2. The average molecular weight is 361 g/mol. The summed E-state index contributed by atoms with van der Waals surface area (Å²) in [6.45, 7) is 4.06. The Morgan fingerprint density at radius 3 is 2.73 bits per heavy atom. The molecule has 0 aliphatic heterocycles. The summed E-state index contributed by atoms with van der Waals surface area (Å²) >= 11 is 0. The first-order valence-electron chi connectivity index (χ1n) is 9.66. The van der Waals surface area contributed by atoms with Gasteiger partial charge in [-0.15, -0.1) is 0 Å². The summed E-state index contributed by atoms with van der Waals surface area (Å²) < 4.78 is 5.38. The van der Waals surface area contributed by atoms with Crippen molar-refractivity contribution < 1.29 is 9.53 Å². The molecule has 6 heteroatoms. The van der Waals surface area contributed by atoms with Gasteiger partial charge in [0.1, 0.15) is 5.75 Å². The summed E-state index contributed by atoms with van der Waals surface area (Å²) in [6.07, 6.45) is 5.95. The SMILES string of the molecule is CCNC(=NCCC(=O)NC1CCCC1)NCCc1ccccc1OC. The Bertz CT molecular complexity index is 583. The van der Waals surface area contributed by atoms with Crippen molar-refractivity contribution in [2.24, 2.45) is 4.99 Å². The van der Waals surface area contributed by atoms with Crippen LogP contribution in [-0.2, 0) is 11.2 Å². The third kappa shape index (κ3) is 6.94. The third-order valence-electron chi connectivity index (χ3n) is 4.55. The van der Waals surface area contributed by atoms with Gasteiger partial charge < -0.3 is 20.7 Å². The van der Waals surface area contributed by atoms with Gasteiger partial charge in [-0.1, -0.05) is 31.0 Å². The van der Waals surface area contributed by atoms with Crippen LogP contribution in [0.5, 0.6) is 5.75 Å². The lowest BCUT2D eigenvalue weighted by molar-refractivity contribution is -0.121. The molecule has 0 heterocycles. The number of methoxy groups -OCH3 is 1. The summed E-state index contributed by atoms with van der Waals surface area (Å²) in [5, 5.41) is 9.64. The number of rotatable bonds is 9. The molecule has 0 saturated heterocycles. The lowest BCUT2D eigenvalue weighted by Crippen LogP contribution is -2.39. The fraction of sp³-hybridized carbons (Fsp3) is 0.600. The Morgan fingerprint density at radius 1 is 1.23 bits per heavy atom. The first-order valence-corrected chi connectivity index (χ1v) is 9.66. The highest BCUT2D eigenvalue weighted by Crippen LogP contribution is 2.18. The van der Waals surface area contributed by atoms with E-state index in [0.717, 1.165) is 49.6 Å². The molecule has 1 aromatic rings. The Hall–Kier alpha value is -2.24. The van der Waals surface area contributed by atoms with Crippen LogP contribution in [0, 0.1) is 0 Å². The average Bonchev–Trinajstić information content (AvgIpc) is 3.15. The maximum absolute atomic E-state index is 12.0. The molecule has 1 saturated carbocycles. The topological polar surface area (TPSA) is 74.8 Å². The first-order chi connectivity index (χ1) is 12.7. The number of nitrogens with one attached hydrogen (secondary N) is 3. The summed E-state index contributed by atoms with van der Waals surface area (Å²) in [6, 6.07) is 8.40. The fourth-order valence-electron chi connectivity index (χ4n) is 3.21. The van der Waals surface area contributed by atoms with Gasteiger partial charge in [-0.05, 0) is 37.8 Å². The summed E-state index contributed by atoms with van der Waals surface area (Å²) in [5.41, 5.74) is 1.16. The van der Waals surface area contributed by atoms with Gasteiger partial charge in [0.15, 0.2) is 5.96 Å². The molecule has 0 bridgehead atoms. The van der Waals surface area contributed by atoms with E-state index < -0.39 is 0 Å². The van der Waals surface area contributed by atoms with E-state index in [1.807, 2.05) is 25.1 Å². The van der Waals surface area contributed by atoms with Gasteiger partial charge in [0.2, 0.25) is 5.91 Å². The molecule has 6 nitrogen and oxygen atoms in total. The van der Waals surface area contributed by atoms with Crippen LogP contribution in [0.1, 0.15) is 44.6 Å². The van der Waals surface area contributed by atoms with Crippen LogP contribution in [0.2, 0.25) is 0 Å². The van der Waals surface area contributed by atoms with Gasteiger partial charge >= 0.3 is 0 Å². The minimum Gasteiger partial charge on any atom is -0.496 e. The number of carbonyl (C=O) groups is 1. The van der Waals surface area contributed by atoms with E-state index in [0.29, 0.717) is 19.0 Å². The normalized spacial score (nSPS) is 14.9. The predicted molar refractivity (Wildman–Crippen MR) is 106 cm³/mol. The van der Waals surface area contributed by atoms with E-state index in [9.17, 15) is 4.79 Å². The smallest absolute Gasteiger partial charge is 0.222 e. The quantitative estimate of drug-likeness (QED) is 0.466. The minimum absolute atomic E-state index is 0.102. The number of guanidine groups is 1. The van der Waals surface area contributed by atoms with Gasteiger partial charge in [-0.2, -0.15) is 0 Å². The molecule has 0 atom stereocenters. The molecule has 0 unspecified atom stereocenters. The zero-order chi connectivity index (χ0) is 18.6. The molecule has 2 rings (SSSR count). The van der Waals surface area contributed by atoms with Crippen molar-refractivity contribution in [3.05, 3.63) is 29.8 Å². The highest BCUT2D eigenvalue weighted by molar-refractivity contribution is 5.80. The molecule has 26 heavy (non-hydrogen) atoms. The molecule has 1 aliphatic carbocycles. The van der Waals surface area contributed by atoms with Crippen LogP contribution < -0.4 is 20.7 Å². The van der Waals surface area contributed by atoms with Gasteiger partial charge in [0, 0.05) is 25.6 Å². The van der Waals surface area contributed by atoms with Crippen LogP contribution in [-0.4, -0.2) is 44.7 Å². The molecule has 1 fully saturated rings. The Kier molecular flexibility index (Phi) is 8.79. The van der Waals surface area contributed by atoms with Crippen molar-refractivity contribution in [1.29, 1.82) is 0 Å². The summed E-state index contributed by atoms with van der Waals surface area (Å²) in [7, 11) is 1.69. The van der Waals surface area contributed by atoms with Crippen LogP contribution in [0.25, 0.3) is 0 Å². The van der Waals surface area contributed by atoms with Crippen molar-refractivity contribution in [2.75, 3.05) is 26.7 Å². The molecule has 1 aliphatic rings. The zero-order valence-electron chi connectivity index (χ0n) is 16.0. The number of para-hydroxylation sites is 1. The van der Waals surface area contributed by atoms with Crippen molar-refractivity contribution in [1.82, 2.24) is 16.0 Å². The van der Waals surface area contributed by atoms with Crippen molar-refractivity contribution in [3.8, 4) is 5.75 Å². The van der Waals surface area contributed by atoms with E-state index in [1.165, 1.54) is 12.8 Å². The Labute approximate surface area is 156 Å². The van der Waals surface area contributed by atoms with E-state index in [1.54, 1.807) is 7.11 Å². The van der Waals surface area contributed by atoms with E-state index >= 15 is 0 Å². The third-order valence-corrected chi connectivity index (χ3v) is 4.55. The second-order valence-electron chi connectivity index (χ2n) is 6.55. The van der Waals surface area contributed by atoms with Crippen molar-refractivity contribution in [3.63, 3.8) is 0 Å². The number of ether oxygens (including phenoxy) is 1. The van der Waals surface area contributed by atoms with Gasteiger partial charge in [0.05, 0.1) is 13.7 Å². The largest absolute Gasteiger partial charge is 0.496 e. The molecule has 3 N–H and O–H groups in total. The maximum atomic E-state index is 12.0. The number of benzene rings is 1. The summed E-state index contributed by atoms with van der Waals surface area (Å²) in [4.78, 5) is 16.5. The Morgan fingerprint density at radius 2 is 2.00 bits per heavy atom. The van der Waals surface area contributed by atoms with Gasteiger partial charge in [0.25, 0.3) is 0 Å². The number of carbonyl (C=O) groups excluding carboxylic acids is 1.